The number of aromatic amines is 1. The Morgan fingerprint density at radius 2 is 1.90 bits per heavy atom. The zero-order valence-corrected chi connectivity index (χ0v) is 16.5. The van der Waals surface area contributed by atoms with Gasteiger partial charge in [0.1, 0.15) is 5.56 Å². The van der Waals surface area contributed by atoms with Gasteiger partial charge in [-0.1, -0.05) is 30.3 Å². The summed E-state index contributed by atoms with van der Waals surface area (Å²) in [6.07, 6.45) is 5.32. The van der Waals surface area contributed by atoms with Crippen molar-refractivity contribution in [2.45, 2.75) is 44.3 Å². The minimum atomic E-state index is -0.502. The van der Waals surface area contributed by atoms with Crippen LogP contribution in [0.4, 0.5) is 0 Å². The van der Waals surface area contributed by atoms with Crippen LogP contribution in [-0.2, 0) is 6.54 Å². The van der Waals surface area contributed by atoms with E-state index in [0.29, 0.717) is 18.0 Å². The highest BCUT2D eigenvalue weighted by molar-refractivity contribution is 5.99. The van der Waals surface area contributed by atoms with E-state index in [1.807, 2.05) is 30.3 Å². The molecule has 0 atom stereocenters. The molecule has 4 N–H and O–H groups in total. The monoisotopic (exact) mass is 394 g/mol. The second-order valence-electron chi connectivity index (χ2n) is 8.52. The summed E-state index contributed by atoms with van der Waals surface area (Å²) in [5.41, 5.74) is 6.91. The van der Waals surface area contributed by atoms with Crippen LogP contribution in [0.2, 0.25) is 0 Å². The predicted molar refractivity (Wildman–Crippen MR) is 109 cm³/mol. The maximum atomic E-state index is 12.8. The smallest absolute Gasteiger partial charge is 0.260 e. The summed E-state index contributed by atoms with van der Waals surface area (Å²) in [7, 11) is 1.64. The lowest BCUT2D eigenvalue weighted by Crippen LogP contribution is -2.59. The zero-order chi connectivity index (χ0) is 20.6. The van der Waals surface area contributed by atoms with Crippen molar-refractivity contribution < 1.29 is 9.59 Å². The molecule has 2 aliphatic rings. The number of rotatable bonds is 5. The van der Waals surface area contributed by atoms with E-state index in [2.05, 4.69) is 10.3 Å². The molecule has 2 aliphatic carbocycles. The molecule has 0 saturated heterocycles. The Labute approximate surface area is 169 Å². The van der Waals surface area contributed by atoms with Crippen LogP contribution in [0.3, 0.4) is 0 Å². The molecule has 0 bridgehead atoms. The van der Waals surface area contributed by atoms with Crippen molar-refractivity contribution in [3.05, 3.63) is 69.6 Å². The third kappa shape index (κ3) is 3.96. The van der Waals surface area contributed by atoms with E-state index < -0.39 is 11.5 Å². The number of carbonyl (C=O) groups excluding carboxylic acids is 2. The largest absolute Gasteiger partial charge is 0.349 e. The van der Waals surface area contributed by atoms with Crippen LogP contribution in [0.5, 0.6) is 0 Å². The van der Waals surface area contributed by atoms with E-state index in [1.165, 1.54) is 17.2 Å². The molecule has 1 heterocycles. The summed E-state index contributed by atoms with van der Waals surface area (Å²) in [6, 6.07) is 11.3. The van der Waals surface area contributed by atoms with Gasteiger partial charge in [-0.3, -0.25) is 14.4 Å². The van der Waals surface area contributed by atoms with Crippen molar-refractivity contribution in [1.29, 1.82) is 0 Å². The van der Waals surface area contributed by atoms with Crippen molar-refractivity contribution in [3.8, 4) is 0 Å². The van der Waals surface area contributed by atoms with Crippen molar-refractivity contribution in [2.24, 2.45) is 11.1 Å². The number of H-pyrrole nitrogens is 1. The number of aromatic nitrogens is 1. The molecule has 0 aliphatic heterocycles. The van der Waals surface area contributed by atoms with Gasteiger partial charge in [0.25, 0.3) is 17.4 Å². The van der Waals surface area contributed by atoms with Gasteiger partial charge in [-0.15, -0.1) is 0 Å². The zero-order valence-electron chi connectivity index (χ0n) is 16.5. The van der Waals surface area contributed by atoms with Gasteiger partial charge in [-0.2, -0.15) is 0 Å². The minimum absolute atomic E-state index is 0.0360. The fourth-order valence-electron chi connectivity index (χ4n) is 4.65. The second kappa shape index (κ2) is 7.48. The molecule has 152 valence electrons. The molecule has 2 saturated carbocycles. The number of nitrogens with zero attached hydrogens (tertiary/aromatic N) is 1. The third-order valence-electron chi connectivity index (χ3n) is 6.09. The van der Waals surface area contributed by atoms with E-state index in [4.69, 9.17) is 5.73 Å². The summed E-state index contributed by atoms with van der Waals surface area (Å²) >= 11 is 0. The Morgan fingerprint density at radius 3 is 2.55 bits per heavy atom. The lowest BCUT2D eigenvalue weighted by atomic mass is 9.52. The van der Waals surface area contributed by atoms with Crippen LogP contribution >= 0.6 is 0 Å². The van der Waals surface area contributed by atoms with Gasteiger partial charge in [0, 0.05) is 31.9 Å². The van der Waals surface area contributed by atoms with Gasteiger partial charge >= 0.3 is 0 Å². The molecule has 1 spiro atoms. The van der Waals surface area contributed by atoms with E-state index in [-0.39, 0.29) is 23.1 Å². The third-order valence-corrected chi connectivity index (χ3v) is 6.09. The molecule has 7 heteroatoms. The Bertz CT molecular complexity index is 971. The van der Waals surface area contributed by atoms with Crippen molar-refractivity contribution in [3.63, 3.8) is 0 Å². The summed E-state index contributed by atoms with van der Waals surface area (Å²) in [5.74, 6) is -0.694. The second-order valence-corrected chi connectivity index (χ2v) is 8.52. The summed E-state index contributed by atoms with van der Waals surface area (Å²) in [6.45, 7) is 0.377. The maximum Gasteiger partial charge on any atom is 0.260 e. The molecule has 2 amide bonds. The van der Waals surface area contributed by atoms with Gasteiger partial charge in [0.15, 0.2) is 0 Å². The van der Waals surface area contributed by atoms with E-state index >= 15 is 0 Å². The molecule has 4 rings (SSSR count). The molecule has 2 fully saturated rings. The van der Waals surface area contributed by atoms with Crippen molar-refractivity contribution in [1.82, 2.24) is 15.2 Å². The fourth-order valence-corrected chi connectivity index (χ4v) is 4.65. The molecular weight excluding hydrogens is 368 g/mol. The SMILES string of the molecule is CN(Cc1ccccc1)C(=O)c1cc(C(=O)NC2CC3(CC(N)C3)C2)c[nH]c1=O. The first-order valence-electron chi connectivity index (χ1n) is 9.94. The van der Waals surface area contributed by atoms with Gasteiger partial charge in [-0.05, 0) is 42.7 Å². The number of nitrogens with one attached hydrogen (secondary N) is 2. The quantitative estimate of drug-likeness (QED) is 0.716. The van der Waals surface area contributed by atoms with E-state index in [1.54, 1.807) is 7.05 Å². The predicted octanol–water partition coefficient (Wildman–Crippen LogP) is 1.65. The Balaban J connectivity index is 1.41. The topological polar surface area (TPSA) is 108 Å². The molecule has 7 nitrogen and oxygen atoms in total. The highest BCUT2D eigenvalue weighted by atomic mass is 16.2. The molecule has 0 radical (unpaired) electrons. The number of pyridine rings is 1. The Morgan fingerprint density at radius 1 is 1.21 bits per heavy atom. The molecule has 2 aromatic rings. The maximum absolute atomic E-state index is 12.8. The molecule has 1 aromatic heterocycles. The van der Waals surface area contributed by atoms with Crippen LogP contribution in [0.1, 0.15) is 52.0 Å². The van der Waals surface area contributed by atoms with Crippen LogP contribution in [0.25, 0.3) is 0 Å². The fraction of sp³-hybridized carbons (Fsp3) is 0.409. The van der Waals surface area contributed by atoms with Crippen molar-refractivity contribution >= 4 is 11.8 Å². The number of hydrogen-bond acceptors (Lipinski definition) is 4. The number of hydrogen-bond donors (Lipinski definition) is 3. The first-order chi connectivity index (χ1) is 13.8. The van der Waals surface area contributed by atoms with Crippen LogP contribution < -0.4 is 16.6 Å². The number of amides is 2. The standard InChI is InChI=1S/C22H26N4O3/c1-26(13-14-5-3-2-4-6-14)21(29)18-7-15(12-24-20(18)28)19(27)25-17-10-22(11-17)8-16(23)9-22/h2-7,12,16-17H,8-11,13,23H2,1H3,(H,24,28)(H,25,27). The summed E-state index contributed by atoms with van der Waals surface area (Å²) in [5, 5.41) is 3.00. The van der Waals surface area contributed by atoms with Crippen LogP contribution in [0, 0.1) is 5.41 Å². The first kappa shape index (κ1) is 19.4. The summed E-state index contributed by atoms with van der Waals surface area (Å²) in [4.78, 5) is 41.5. The van der Waals surface area contributed by atoms with Gasteiger partial charge < -0.3 is 20.9 Å². The average molecular weight is 394 g/mol. The highest BCUT2D eigenvalue weighted by Gasteiger charge is 2.52. The van der Waals surface area contributed by atoms with Crippen LogP contribution in [0.15, 0.2) is 47.4 Å². The molecule has 0 unspecified atom stereocenters. The lowest BCUT2D eigenvalue weighted by molar-refractivity contribution is -0.0159. The van der Waals surface area contributed by atoms with Crippen molar-refractivity contribution in [2.75, 3.05) is 7.05 Å². The van der Waals surface area contributed by atoms with Gasteiger partial charge in [-0.25, -0.2) is 0 Å². The van der Waals surface area contributed by atoms with Gasteiger partial charge in [0.2, 0.25) is 0 Å². The van der Waals surface area contributed by atoms with Gasteiger partial charge in [0.05, 0.1) is 5.56 Å². The highest BCUT2D eigenvalue weighted by Crippen LogP contribution is 2.55. The number of benzene rings is 1. The van der Waals surface area contributed by atoms with E-state index in [0.717, 1.165) is 31.2 Å². The Kier molecular flexibility index (Phi) is 5.00. The molecule has 29 heavy (non-hydrogen) atoms. The normalized spacial score (nSPS) is 25.0. The molecule has 1 aromatic carbocycles. The summed E-state index contributed by atoms with van der Waals surface area (Å²) < 4.78 is 0. The van der Waals surface area contributed by atoms with E-state index in [9.17, 15) is 14.4 Å². The molecular formula is C22H26N4O3. The first-order valence-corrected chi connectivity index (χ1v) is 9.94. The van der Waals surface area contributed by atoms with Crippen LogP contribution in [-0.4, -0.2) is 40.8 Å². The number of nitrogens with two attached hydrogens (primary N) is 1. The Hall–Kier alpha value is -2.93. The number of carbonyl (C=O) groups is 2. The lowest BCUT2D eigenvalue weighted by Gasteiger charge is -2.57. The average Bonchev–Trinajstić information content (AvgIpc) is 2.65. The minimum Gasteiger partial charge on any atom is -0.349 e.